The van der Waals surface area contributed by atoms with Crippen LogP contribution in [0, 0.1) is 0 Å². The van der Waals surface area contributed by atoms with E-state index >= 15 is 0 Å². The van der Waals surface area contributed by atoms with Crippen LogP contribution < -0.4 is 40.0 Å². The Balaban J connectivity index is 0. The summed E-state index contributed by atoms with van der Waals surface area (Å²) in [6.07, 6.45) is 24.3. The Morgan fingerprint density at radius 1 is 0.676 bits per heavy atom. The van der Waals surface area contributed by atoms with E-state index in [4.69, 9.17) is 0 Å². The Kier molecular flexibility index (Phi) is 31.2. The maximum Gasteiger partial charge on any atom is 1.00 e. The molecule has 1 atom stereocenters. The average molecular weight is 533 g/mol. The maximum absolute atomic E-state index is 12.1. The number of carboxylic acid groups (broad SMARTS) is 1. The zero-order valence-electron chi connectivity index (χ0n) is 24.7. The Hall–Kier alpha value is -0.590. The first-order valence-electron chi connectivity index (χ1n) is 15.2. The number of carboxylic acids is 1. The van der Waals surface area contributed by atoms with Gasteiger partial charge in [0.2, 0.25) is 5.91 Å². The second-order valence-corrected chi connectivity index (χ2v) is 10.4. The first-order valence-corrected chi connectivity index (χ1v) is 15.2. The Morgan fingerprint density at radius 3 is 1.57 bits per heavy atom. The smallest absolute Gasteiger partial charge is 0.862 e. The van der Waals surface area contributed by atoms with Gasteiger partial charge < -0.3 is 20.5 Å². The number of carbonyl (C=O) groups is 2. The molecule has 37 heavy (non-hydrogen) atoms. The summed E-state index contributed by atoms with van der Waals surface area (Å²) in [5.41, 5.74) is 0. The summed E-state index contributed by atoms with van der Waals surface area (Å²) < 4.78 is 0. The van der Waals surface area contributed by atoms with Crippen LogP contribution in [0.1, 0.15) is 162 Å². The summed E-state index contributed by atoms with van der Waals surface area (Å²) in [4.78, 5) is 27.7. The SMILES string of the molecule is CCCCCCCCCCCC(=O)N[C@@H](CCCCN=C([O-])CCCCCCCCCCC)C(=O)O.[Na+]. The molecule has 212 valence electrons. The fraction of sp³-hybridized carbons (Fsp3) is 0.900. The minimum atomic E-state index is -0.992. The summed E-state index contributed by atoms with van der Waals surface area (Å²) in [5.74, 6) is -1.21. The molecule has 0 heterocycles. The number of aliphatic imine (C=N–C) groups is 1. The van der Waals surface area contributed by atoms with Gasteiger partial charge in [-0.1, -0.05) is 117 Å². The molecule has 1 amide bonds. The van der Waals surface area contributed by atoms with Gasteiger partial charge in [-0.05, 0) is 44.4 Å². The van der Waals surface area contributed by atoms with E-state index in [2.05, 4.69) is 24.2 Å². The van der Waals surface area contributed by atoms with Gasteiger partial charge in [-0.25, -0.2) is 4.79 Å². The second kappa shape index (κ2) is 30.0. The summed E-state index contributed by atoms with van der Waals surface area (Å²) in [6, 6.07) is -0.853. The number of hydrogen-bond donors (Lipinski definition) is 2. The van der Waals surface area contributed by atoms with Gasteiger partial charge in [0, 0.05) is 13.0 Å². The maximum atomic E-state index is 12.1. The van der Waals surface area contributed by atoms with Crippen molar-refractivity contribution < 1.29 is 49.4 Å². The molecule has 0 spiro atoms. The minimum absolute atomic E-state index is 0. The second-order valence-electron chi connectivity index (χ2n) is 10.4. The van der Waals surface area contributed by atoms with E-state index in [1.165, 1.54) is 83.5 Å². The van der Waals surface area contributed by atoms with Gasteiger partial charge in [0.15, 0.2) is 0 Å². The fourth-order valence-electron chi connectivity index (χ4n) is 4.45. The van der Waals surface area contributed by atoms with Gasteiger partial charge in [-0.2, -0.15) is 0 Å². The van der Waals surface area contributed by atoms with Crippen LogP contribution in [0.15, 0.2) is 4.99 Å². The predicted octanol–water partition coefficient (Wildman–Crippen LogP) is 4.33. The number of unbranched alkanes of at least 4 members (excludes halogenated alkanes) is 17. The van der Waals surface area contributed by atoms with Crippen LogP contribution in [0.25, 0.3) is 0 Å². The Bertz CT molecular complexity index is 558. The van der Waals surface area contributed by atoms with Gasteiger partial charge in [0.25, 0.3) is 0 Å². The van der Waals surface area contributed by atoms with Crippen LogP contribution in [-0.4, -0.2) is 35.5 Å². The van der Waals surface area contributed by atoms with E-state index in [9.17, 15) is 19.8 Å². The molecule has 0 fully saturated rings. The molecule has 0 saturated heterocycles. The molecule has 0 aliphatic carbocycles. The van der Waals surface area contributed by atoms with E-state index in [1.807, 2.05) is 0 Å². The normalized spacial score (nSPS) is 12.2. The van der Waals surface area contributed by atoms with E-state index in [0.717, 1.165) is 32.1 Å². The largest absolute Gasteiger partial charge is 1.00 e. The molecule has 0 bridgehead atoms. The van der Waals surface area contributed by atoms with E-state index in [1.54, 1.807) is 0 Å². The molecular weight excluding hydrogens is 475 g/mol. The first-order chi connectivity index (χ1) is 17.5. The van der Waals surface area contributed by atoms with Crippen molar-refractivity contribution in [2.75, 3.05) is 6.54 Å². The Morgan fingerprint density at radius 2 is 1.11 bits per heavy atom. The van der Waals surface area contributed by atoms with Crippen molar-refractivity contribution in [1.29, 1.82) is 0 Å². The zero-order chi connectivity index (χ0) is 26.7. The monoisotopic (exact) mass is 532 g/mol. The van der Waals surface area contributed by atoms with Crippen molar-refractivity contribution in [2.45, 2.75) is 168 Å². The van der Waals surface area contributed by atoms with Gasteiger partial charge in [-0.15, -0.1) is 0 Å². The van der Waals surface area contributed by atoms with Crippen LogP contribution in [-0.2, 0) is 9.59 Å². The summed E-state index contributed by atoms with van der Waals surface area (Å²) in [5, 5.41) is 24.0. The topological polar surface area (TPSA) is 102 Å². The molecule has 0 saturated carbocycles. The van der Waals surface area contributed by atoms with Crippen LogP contribution in [0.3, 0.4) is 0 Å². The summed E-state index contributed by atoms with van der Waals surface area (Å²) in [6.45, 7) is 4.89. The quantitative estimate of drug-likeness (QED) is 0.0711. The third-order valence-electron chi connectivity index (χ3n) is 6.82. The van der Waals surface area contributed by atoms with Crippen LogP contribution in [0.5, 0.6) is 0 Å². The zero-order valence-corrected chi connectivity index (χ0v) is 26.7. The van der Waals surface area contributed by atoms with Crippen molar-refractivity contribution in [2.24, 2.45) is 4.99 Å². The molecule has 0 aromatic heterocycles. The van der Waals surface area contributed by atoms with Crippen molar-refractivity contribution in [3.05, 3.63) is 0 Å². The number of rotatable bonds is 27. The molecule has 0 aliphatic rings. The molecule has 0 radical (unpaired) electrons. The van der Waals surface area contributed by atoms with Gasteiger partial charge in [0.1, 0.15) is 6.04 Å². The van der Waals surface area contributed by atoms with E-state index < -0.39 is 12.0 Å². The molecule has 7 heteroatoms. The van der Waals surface area contributed by atoms with Gasteiger partial charge >= 0.3 is 35.5 Å². The van der Waals surface area contributed by atoms with E-state index in [-0.39, 0.29) is 41.4 Å². The van der Waals surface area contributed by atoms with Crippen molar-refractivity contribution in [3.8, 4) is 0 Å². The van der Waals surface area contributed by atoms with Crippen molar-refractivity contribution in [1.82, 2.24) is 5.32 Å². The third-order valence-corrected chi connectivity index (χ3v) is 6.82. The number of nitrogens with one attached hydrogen (secondary N) is 1. The molecule has 0 rings (SSSR count). The van der Waals surface area contributed by atoms with Crippen molar-refractivity contribution >= 4 is 17.8 Å². The first kappa shape index (κ1) is 38.6. The number of nitrogens with zero attached hydrogens (tertiary/aromatic N) is 1. The van der Waals surface area contributed by atoms with Crippen molar-refractivity contribution in [3.63, 3.8) is 0 Å². The molecule has 2 N–H and O–H groups in total. The number of hydrogen-bond acceptors (Lipinski definition) is 4. The van der Waals surface area contributed by atoms with Gasteiger partial charge in [0.05, 0.1) is 0 Å². The summed E-state index contributed by atoms with van der Waals surface area (Å²) >= 11 is 0. The molecular formula is C30H57N2NaO4. The standard InChI is InChI=1S/C30H58N2O4.Na/c1-3-5-7-9-11-13-15-17-19-24-28(33)31-26-22-21-23-27(30(35)36)32-29(34)25-20-18-16-14-12-10-8-6-4-2;/h27H,3-26H2,1-2H3,(H,31,33)(H,32,34)(H,35,36);/q;+1/p-1/t27-;/m0./s1. The number of amides is 1. The fourth-order valence-corrected chi connectivity index (χ4v) is 4.45. The molecule has 0 aromatic carbocycles. The molecule has 0 aromatic rings. The third kappa shape index (κ3) is 28.2. The summed E-state index contributed by atoms with van der Waals surface area (Å²) in [7, 11) is 0. The molecule has 0 unspecified atom stereocenters. The van der Waals surface area contributed by atoms with Gasteiger partial charge in [-0.3, -0.25) is 4.79 Å². The molecule has 6 nitrogen and oxygen atoms in total. The predicted molar refractivity (Wildman–Crippen MR) is 149 cm³/mol. The van der Waals surface area contributed by atoms with Crippen LogP contribution in [0.4, 0.5) is 0 Å². The number of aliphatic carboxylic acids is 1. The van der Waals surface area contributed by atoms with Crippen LogP contribution in [0.2, 0.25) is 0 Å². The minimum Gasteiger partial charge on any atom is -0.862 e. The number of carbonyl (C=O) groups excluding carboxylic acids is 1. The van der Waals surface area contributed by atoms with E-state index in [0.29, 0.717) is 38.6 Å². The van der Waals surface area contributed by atoms with Crippen LogP contribution >= 0.6 is 0 Å². The average Bonchev–Trinajstić information content (AvgIpc) is 2.85. The molecule has 0 aliphatic heterocycles. The Labute approximate surface area is 250 Å².